The summed E-state index contributed by atoms with van der Waals surface area (Å²) in [6.07, 6.45) is 27.2. The van der Waals surface area contributed by atoms with Crippen molar-refractivity contribution in [2.75, 3.05) is 6.54 Å². The number of ketones is 1. The number of carbonyl (C=O) groups excluding carboxylic acids is 1. The first-order valence-electron chi connectivity index (χ1n) is 17.0. The van der Waals surface area contributed by atoms with Crippen molar-refractivity contribution in [1.82, 2.24) is 5.32 Å². The van der Waals surface area contributed by atoms with Gasteiger partial charge in [0.15, 0.2) is 5.78 Å². The predicted octanol–water partition coefficient (Wildman–Crippen LogP) is 9.39. The molecule has 0 heterocycles. The van der Waals surface area contributed by atoms with Gasteiger partial charge in [0.25, 0.3) is 0 Å². The molecule has 3 N–H and O–H groups in total. The fourth-order valence-electron chi connectivity index (χ4n) is 5.75. The molecule has 0 saturated carbocycles. The zero-order valence-electron chi connectivity index (χ0n) is 26.5. The van der Waals surface area contributed by atoms with Gasteiger partial charge in [-0.2, -0.15) is 0 Å². The Balaban J connectivity index is 5.10. The van der Waals surface area contributed by atoms with Gasteiger partial charge in [-0.25, -0.2) is 0 Å². The zero-order valence-corrected chi connectivity index (χ0v) is 26.5. The number of carboxylic acids is 1. The van der Waals surface area contributed by atoms with Crippen LogP contribution in [0.5, 0.6) is 0 Å². The van der Waals surface area contributed by atoms with Crippen molar-refractivity contribution in [2.24, 2.45) is 5.92 Å². The van der Waals surface area contributed by atoms with Crippen LogP contribution < -0.4 is 5.32 Å². The Kier molecular flexibility index (Phi) is 25.4. The van der Waals surface area contributed by atoms with Crippen LogP contribution in [-0.4, -0.2) is 40.2 Å². The summed E-state index contributed by atoms with van der Waals surface area (Å²) in [6.45, 7) is 8.27. The highest BCUT2D eigenvalue weighted by atomic mass is 16.4. The van der Waals surface area contributed by atoms with Crippen LogP contribution in [0.25, 0.3) is 0 Å². The number of carbonyl (C=O) groups is 2. The van der Waals surface area contributed by atoms with Gasteiger partial charge in [0, 0.05) is 5.92 Å². The normalized spacial score (nSPS) is 14.7. The molecule has 5 nitrogen and oxygen atoms in total. The van der Waals surface area contributed by atoms with Crippen molar-refractivity contribution >= 4 is 11.8 Å². The monoisotopic (exact) mass is 554 g/mol. The van der Waals surface area contributed by atoms with Gasteiger partial charge in [-0.3, -0.25) is 14.9 Å². The summed E-state index contributed by atoms with van der Waals surface area (Å²) in [5.41, 5.74) is -0.984. The molecule has 0 spiro atoms. The van der Waals surface area contributed by atoms with Crippen LogP contribution in [-0.2, 0) is 9.59 Å². The molecule has 0 saturated heterocycles. The van der Waals surface area contributed by atoms with Crippen LogP contribution in [0.2, 0.25) is 0 Å². The Hall–Kier alpha value is -0.940. The summed E-state index contributed by atoms with van der Waals surface area (Å²) < 4.78 is 0. The fourth-order valence-corrected chi connectivity index (χ4v) is 5.75. The molecule has 0 fully saturated rings. The summed E-state index contributed by atoms with van der Waals surface area (Å²) in [4.78, 5) is 24.8. The number of rotatable bonds is 30. The minimum atomic E-state index is -0.984. The molecule has 0 aliphatic heterocycles. The molecule has 5 heteroatoms. The van der Waals surface area contributed by atoms with Crippen LogP contribution in [0.3, 0.4) is 0 Å². The summed E-state index contributed by atoms with van der Waals surface area (Å²) >= 11 is 0. The van der Waals surface area contributed by atoms with Gasteiger partial charge in [-0.1, -0.05) is 156 Å². The SMILES string of the molecule is CCCCCCCCCCCCC(C(=O)CNC(C)C(=O)O)C(O)(CCCCCC)CCCCCCCCC. The average Bonchev–Trinajstić information content (AvgIpc) is 2.92. The van der Waals surface area contributed by atoms with E-state index in [1.165, 1.54) is 83.5 Å². The van der Waals surface area contributed by atoms with Crippen molar-refractivity contribution in [1.29, 1.82) is 0 Å². The van der Waals surface area contributed by atoms with Gasteiger partial charge in [0.1, 0.15) is 6.04 Å². The van der Waals surface area contributed by atoms with E-state index in [2.05, 4.69) is 26.1 Å². The largest absolute Gasteiger partial charge is 0.480 e. The van der Waals surface area contributed by atoms with Crippen molar-refractivity contribution in [3.8, 4) is 0 Å². The van der Waals surface area contributed by atoms with E-state index >= 15 is 0 Å². The number of unbranched alkanes of at least 4 members (excludes halogenated alkanes) is 18. The second-order valence-electron chi connectivity index (χ2n) is 12.2. The Morgan fingerprint density at radius 1 is 0.615 bits per heavy atom. The third-order valence-corrected chi connectivity index (χ3v) is 8.51. The Bertz CT molecular complexity index is 582. The lowest BCUT2D eigenvalue weighted by atomic mass is 9.74. The Labute approximate surface area is 242 Å². The van der Waals surface area contributed by atoms with E-state index in [4.69, 9.17) is 0 Å². The van der Waals surface area contributed by atoms with Crippen molar-refractivity contribution in [3.05, 3.63) is 0 Å². The molecule has 0 aromatic rings. The molecule has 0 radical (unpaired) electrons. The molecular formula is C34H67NO4. The van der Waals surface area contributed by atoms with Crippen LogP contribution >= 0.6 is 0 Å². The van der Waals surface area contributed by atoms with Crippen molar-refractivity contribution in [3.63, 3.8) is 0 Å². The number of hydrogen-bond donors (Lipinski definition) is 3. The van der Waals surface area contributed by atoms with Gasteiger partial charge in [-0.15, -0.1) is 0 Å². The Morgan fingerprint density at radius 3 is 1.38 bits per heavy atom. The first kappa shape index (κ1) is 38.1. The summed E-state index contributed by atoms with van der Waals surface area (Å²) in [6, 6.07) is -0.771. The van der Waals surface area contributed by atoms with Crippen LogP contribution in [0, 0.1) is 5.92 Å². The lowest BCUT2D eigenvalue weighted by Gasteiger charge is -2.36. The molecule has 232 valence electrons. The van der Waals surface area contributed by atoms with E-state index in [9.17, 15) is 19.8 Å². The lowest BCUT2D eigenvalue weighted by Crippen LogP contribution is -2.47. The van der Waals surface area contributed by atoms with Gasteiger partial charge < -0.3 is 10.2 Å². The van der Waals surface area contributed by atoms with Crippen LogP contribution in [0.1, 0.15) is 182 Å². The van der Waals surface area contributed by atoms with E-state index in [-0.39, 0.29) is 12.3 Å². The molecule has 0 bridgehead atoms. The van der Waals surface area contributed by atoms with E-state index in [0.29, 0.717) is 19.3 Å². The second-order valence-corrected chi connectivity index (χ2v) is 12.2. The summed E-state index contributed by atoms with van der Waals surface area (Å²) in [5.74, 6) is -1.38. The lowest BCUT2D eigenvalue weighted by molar-refractivity contribution is -0.139. The summed E-state index contributed by atoms with van der Waals surface area (Å²) in [7, 11) is 0. The molecular weight excluding hydrogens is 486 g/mol. The minimum absolute atomic E-state index is 0.0139. The zero-order chi connectivity index (χ0) is 29.2. The molecule has 3 unspecified atom stereocenters. The number of hydrogen-bond acceptors (Lipinski definition) is 4. The topological polar surface area (TPSA) is 86.6 Å². The maximum Gasteiger partial charge on any atom is 0.320 e. The molecule has 0 amide bonds. The highest BCUT2D eigenvalue weighted by Gasteiger charge is 2.39. The fraction of sp³-hybridized carbons (Fsp3) is 0.941. The van der Waals surface area contributed by atoms with E-state index in [1.807, 2.05) is 0 Å². The molecule has 0 aliphatic carbocycles. The van der Waals surface area contributed by atoms with E-state index in [1.54, 1.807) is 6.92 Å². The number of aliphatic carboxylic acids is 1. The van der Waals surface area contributed by atoms with Gasteiger partial charge >= 0.3 is 5.97 Å². The number of carboxylic acid groups (broad SMARTS) is 1. The predicted molar refractivity (Wildman–Crippen MR) is 166 cm³/mol. The molecule has 0 aromatic heterocycles. The number of aliphatic hydroxyl groups is 1. The van der Waals surface area contributed by atoms with Gasteiger partial charge in [-0.05, 0) is 26.2 Å². The molecule has 3 atom stereocenters. The maximum absolute atomic E-state index is 13.5. The molecule has 0 aliphatic rings. The third kappa shape index (κ3) is 20.6. The molecule has 0 rings (SSSR count). The standard InChI is InChI=1S/C34H67NO4/c1-5-8-11-14-16-17-18-19-21-23-26-31(32(36)29-35-30(4)33(37)38)34(39,27-24-13-10-7-3)28-25-22-20-15-12-9-6-2/h30-31,35,39H,5-29H2,1-4H3,(H,37,38). The van der Waals surface area contributed by atoms with E-state index in [0.717, 1.165) is 51.4 Å². The average molecular weight is 554 g/mol. The number of Topliss-reactive ketones (excluding diaryl/α,β-unsaturated/α-hetero) is 1. The van der Waals surface area contributed by atoms with Gasteiger partial charge in [0.05, 0.1) is 12.1 Å². The highest BCUT2D eigenvalue weighted by Crippen LogP contribution is 2.35. The molecule has 0 aromatic carbocycles. The van der Waals surface area contributed by atoms with Crippen LogP contribution in [0.4, 0.5) is 0 Å². The maximum atomic E-state index is 13.5. The van der Waals surface area contributed by atoms with Crippen molar-refractivity contribution < 1.29 is 19.8 Å². The second kappa shape index (κ2) is 26.0. The first-order valence-corrected chi connectivity index (χ1v) is 17.0. The quantitative estimate of drug-likeness (QED) is 0.0771. The first-order chi connectivity index (χ1) is 18.8. The summed E-state index contributed by atoms with van der Waals surface area (Å²) in [5, 5.41) is 24.2. The number of nitrogens with one attached hydrogen (secondary N) is 1. The highest BCUT2D eigenvalue weighted by molar-refractivity contribution is 5.85. The minimum Gasteiger partial charge on any atom is -0.480 e. The van der Waals surface area contributed by atoms with Crippen LogP contribution in [0.15, 0.2) is 0 Å². The molecule has 39 heavy (non-hydrogen) atoms. The third-order valence-electron chi connectivity index (χ3n) is 8.51. The smallest absolute Gasteiger partial charge is 0.320 e. The van der Waals surface area contributed by atoms with Gasteiger partial charge in [0.2, 0.25) is 0 Å². The Morgan fingerprint density at radius 2 is 0.974 bits per heavy atom. The van der Waals surface area contributed by atoms with E-state index < -0.39 is 23.5 Å². The van der Waals surface area contributed by atoms with Crippen molar-refractivity contribution in [2.45, 2.75) is 193 Å².